The van der Waals surface area contributed by atoms with Gasteiger partial charge in [-0.1, -0.05) is 6.07 Å². The Morgan fingerprint density at radius 1 is 1.38 bits per heavy atom. The Bertz CT molecular complexity index is 589. The summed E-state index contributed by atoms with van der Waals surface area (Å²) in [5.41, 5.74) is -0.378. The van der Waals surface area contributed by atoms with E-state index in [1.54, 1.807) is 18.2 Å². The molecule has 0 radical (unpaired) electrons. The number of nitriles is 1. The zero-order chi connectivity index (χ0) is 15.3. The minimum absolute atomic E-state index is 0.367. The van der Waals surface area contributed by atoms with Gasteiger partial charge >= 0.3 is 5.97 Å². The molecule has 1 aromatic rings. The molecule has 1 saturated carbocycles. The van der Waals surface area contributed by atoms with Crippen LogP contribution in [0.2, 0.25) is 0 Å². The first-order valence-electron chi connectivity index (χ1n) is 6.70. The number of hydrogen-bond donors (Lipinski definition) is 1. The van der Waals surface area contributed by atoms with Gasteiger partial charge in [0.15, 0.2) is 6.61 Å². The van der Waals surface area contributed by atoms with Gasteiger partial charge in [0.1, 0.15) is 5.54 Å². The highest BCUT2D eigenvalue weighted by molar-refractivity contribution is 14.1. The Labute approximate surface area is 136 Å². The second kappa shape index (κ2) is 6.89. The Hall–Kier alpha value is -1.62. The van der Waals surface area contributed by atoms with Gasteiger partial charge < -0.3 is 10.1 Å². The van der Waals surface area contributed by atoms with E-state index in [4.69, 9.17) is 4.74 Å². The maximum absolute atomic E-state index is 11.8. The molecule has 1 N–H and O–H groups in total. The van der Waals surface area contributed by atoms with Crippen molar-refractivity contribution in [3.8, 4) is 6.07 Å². The first-order chi connectivity index (χ1) is 10.0. The van der Waals surface area contributed by atoms with Crippen LogP contribution < -0.4 is 5.32 Å². The number of nitrogens with zero attached hydrogens (tertiary/aromatic N) is 1. The van der Waals surface area contributed by atoms with Crippen molar-refractivity contribution in [1.82, 2.24) is 5.32 Å². The molecule has 1 amide bonds. The van der Waals surface area contributed by atoms with E-state index in [0.717, 1.165) is 16.4 Å². The van der Waals surface area contributed by atoms with E-state index in [9.17, 15) is 14.9 Å². The molecule has 1 aliphatic rings. The van der Waals surface area contributed by atoms with Gasteiger partial charge in [-0.15, -0.1) is 0 Å². The number of hydrogen-bond acceptors (Lipinski definition) is 4. The van der Waals surface area contributed by atoms with Crippen molar-refractivity contribution in [2.45, 2.75) is 31.2 Å². The van der Waals surface area contributed by atoms with Crippen molar-refractivity contribution in [2.24, 2.45) is 0 Å². The normalized spacial score (nSPS) is 16.0. The summed E-state index contributed by atoms with van der Waals surface area (Å²) < 4.78 is 5.90. The quantitative estimate of drug-likeness (QED) is 0.624. The first kappa shape index (κ1) is 15.8. The fraction of sp³-hybridized carbons (Fsp3) is 0.400. The summed E-state index contributed by atoms with van der Waals surface area (Å²) in [6, 6.07) is 9.10. The van der Waals surface area contributed by atoms with E-state index in [1.165, 1.54) is 0 Å². The largest absolute Gasteiger partial charge is 0.452 e. The minimum Gasteiger partial charge on any atom is -0.452 e. The highest BCUT2D eigenvalue weighted by Crippen LogP contribution is 2.28. The molecule has 0 saturated heterocycles. The van der Waals surface area contributed by atoms with Crippen LogP contribution in [0, 0.1) is 14.9 Å². The maximum atomic E-state index is 11.8. The molecule has 6 heteroatoms. The second-order valence-electron chi connectivity index (χ2n) is 5.04. The predicted molar refractivity (Wildman–Crippen MR) is 84.4 cm³/mol. The van der Waals surface area contributed by atoms with Crippen molar-refractivity contribution in [2.75, 3.05) is 6.61 Å². The van der Waals surface area contributed by atoms with Crippen LogP contribution in [0.15, 0.2) is 24.3 Å². The van der Waals surface area contributed by atoms with Crippen LogP contribution in [0.1, 0.15) is 36.0 Å². The Balaban J connectivity index is 1.87. The lowest BCUT2D eigenvalue weighted by atomic mass is 10.00. The number of amides is 1. The standard InChI is InChI=1S/C15H15IN2O3/c16-12-5-3-4-11(8-12)14(20)21-9-13(19)18-15(10-17)6-1-2-7-15/h3-5,8H,1-2,6-7,9H2,(H,18,19). The zero-order valence-corrected chi connectivity index (χ0v) is 13.6. The molecule has 1 aromatic carbocycles. The molecule has 0 aliphatic heterocycles. The van der Waals surface area contributed by atoms with Gasteiger partial charge in [-0.2, -0.15) is 5.26 Å². The van der Waals surface area contributed by atoms with Gasteiger partial charge in [0.2, 0.25) is 0 Å². The lowest BCUT2D eigenvalue weighted by Crippen LogP contribution is -2.46. The highest BCUT2D eigenvalue weighted by Gasteiger charge is 2.35. The Morgan fingerprint density at radius 3 is 2.71 bits per heavy atom. The fourth-order valence-corrected chi connectivity index (χ4v) is 2.92. The monoisotopic (exact) mass is 398 g/mol. The second-order valence-corrected chi connectivity index (χ2v) is 6.28. The number of rotatable bonds is 4. The third kappa shape index (κ3) is 4.17. The predicted octanol–water partition coefficient (Wildman–Crippen LogP) is 2.40. The molecule has 110 valence electrons. The lowest BCUT2D eigenvalue weighted by Gasteiger charge is -2.21. The Morgan fingerprint density at radius 2 is 2.10 bits per heavy atom. The summed E-state index contributed by atoms with van der Waals surface area (Å²) in [5.74, 6) is -0.974. The summed E-state index contributed by atoms with van der Waals surface area (Å²) in [6.45, 7) is -0.367. The van der Waals surface area contributed by atoms with Crippen LogP contribution in [0.3, 0.4) is 0 Å². The molecule has 0 atom stereocenters. The van der Waals surface area contributed by atoms with Gasteiger partial charge in [0.25, 0.3) is 5.91 Å². The van der Waals surface area contributed by atoms with Crippen molar-refractivity contribution in [1.29, 1.82) is 5.26 Å². The van der Waals surface area contributed by atoms with E-state index < -0.39 is 17.4 Å². The third-order valence-corrected chi connectivity index (χ3v) is 4.12. The third-order valence-electron chi connectivity index (χ3n) is 3.44. The zero-order valence-electron chi connectivity index (χ0n) is 11.4. The van der Waals surface area contributed by atoms with Crippen molar-refractivity contribution in [3.05, 3.63) is 33.4 Å². The van der Waals surface area contributed by atoms with Crippen LogP contribution in [-0.4, -0.2) is 24.0 Å². The molecule has 1 fully saturated rings. The SMILES string of the molecule is N#CC1(NC(=O)COC(=O)c2cccc(I)c2)CCCC1. The smallest absolute Gasteiger partial charge is 0.338 e. The number of carbonyl (C=O) groups is 2. The molecular formula is C15H15IN2O3. The van der Waals surface area contributed by atoms with Crippen LogP contribution >= 0.6 is 22.6 Å². The summed E-state index contributed by atoms with van der Waals surface area (Å²) in [4.78, 5) is 23.6. The topological polar surface area (TPSA) is 79.2 Å². The molecular weight excluding hydrogens is 383 g/mol. The van der Waals surface area contributed by atoms with Gasteiger partial charge in [-0.25, -0.2) is 4.79 Å². The fourth-order valence-electron chi connectivity index (χ4n) is 2.38. The van der Waals surface area contributed by atoms with Gasteiger partial charge in [-0.3, -0.25) is 4.79 Å². The van der Waals surface area contributed by atoms with Crippen molar-refractivity contribution < 1.29 is 14.3 Å². The summed E-state index contributed by atoms with van der Waals surface area (Å²) in [7, 11) is 0. The van der Waals surface area contributed by atoms with E-state index in [-0.39, 0.29) is 6.61 Å². The number of nitrogens with one attached hydrogen (secondary N) is 1. The van der Waals surface area contributed by atoms with Gasteiger partial charge in [0, 0.05) is 3.57 Å². The minimum atomic E-state index is -0.786. The van der Waals surface area contributed by atoms with Gasteiger partial charge in [0.05, 0.1) is 11.6 Å². The lowest BCUT2D eigenvalue weighted by molar-refractivity contribution is -0.125. The molecule has 5 nitrogen and oxygen atoms in total. The van der Waals surface area contributed by atoms with Crippen LogP contribution in [-0.2, 0) is 9.53 Å². The molecule has 0 unspecified atom stereocenters. The average Bonchev–Trinajstić information content (AvgIpc) is 2.94. The van der Waals surface area contributed by atoms with Crippen molar-refractivity contribution >= 4 is 34.5 Å². The molecule has 0 spiro atoms. The van der Waals surface area contributed by atoms with Crippen molar-refractivity contribution in [3.63, 3.8) is 0 Å². The molecule has 0 bridgehead atoms. The Kier molecular flexibility index (Phi) is 5.17. The molecule has 1 aliphatic carbocycles. The van der Waals surface area contributed by atoms with E-state index in [2.05, 4.69) is 34.0 Å². The van der Waals surface area contributed by atoms with E-state index >= 15 is 0 Å². The van der Waals surface area contributed by atoms with E-state index in [0.29, 0.717) is 18.4 Å². The van der Waals surface area contributed by atoms with Crippen LogP contribution in [0.5, 0.6) is 0 Å². The summed E-state index contributed by atoms with van der Waals surface area (Å²) in [5, 5.41) is 11.9. The molecule has 0 heterocycles. The highest BCUT2D eigenvalue weighted by atomic mass is 127. The average molecular weight is 398 g/mol. The number of ether oxygens (including phenoxy) is 1. The van der Waals surface area contributed by atoms with Crippen LogP contribution in [0.25, 0.3) is 0 Å². The number of carbonyl (C=O) groups excluding carboxylic acids is 2. The van der Waals surface area contributed by atoms with Crippen LogP contribution in [0.4, 0.5) is 0 Å². The number of esters is 1. The summed E-state index contributed by atoms with van der Waals surface area (Å²) in [6.07, 6.45) is 3.16. The molecule has 2 rings (SSSR count). The number of halogens is 1. The van der Waals surface area contributed by atoms with E-state index in [1.807, 2.05) is 6.07 Å². The molecule has 0 aromatic heterocycles. The molecule has 21 heavy (non-hydrogen) atoms. The summed E-state index contributed by atoms with van der Waals surface area (Å²) >= 11 is 2.10. The maximum Gasteiger partial charge on any atom is 0.338 e. The first-order valence-corrected chi connectivity index (χ1v) is 7.77. The van der Waals surface area contributed by atoms with Gasteiger partial charge in [-0.05, 0) is 66.5 Å². The number of benzene rings is 1.